The van der Waals surface area contributed by atoms with Crippen LogP contribution in [0.15, 0.2) is 47.6 Å². The molecule has 0 aliphatic heterocycles. The molecule has 0 aliphatic rings. The summed E-state index contributed by atoms with van der Waals surface area (Å²) in [6.07, 6.45) is 0. The zero-order valence-corrected chi connectivity index (χ0v) is 17.1. The topological polar surface area (TPSA) is 78.3 Å². The summed E-state index contributed by atoms with van der Waals surface area (Å²) in [5, 5.41) is 11.5. The third-order valence-corrected chi connectivity index (χ3v) is 5.18. The van der Waals surface area contributed by atoms with Crippen LogP contribution in [0.4, 0.5) is 10.1 Å². The van der Waals surface area contributed by atoms with E-state index in [1.807, 2.05) is 31.3 Å². The predicted octanol–water partition coefficient (Wildman–Crippen LogP) is 3.58. The number of aromatic nitrogens is 3. The molecule has 0 radical (unpaired) electrons. The van der Waals surface area contributed by atoms with Crippen molar-refractivity contribution < 1.29 is 18.7 Å². The maximum atomic E-state index is 13.3. The number of carbonyl (C=O) groups excluding carboxylic acids is 1. The lowest BCUT2D eigenvalue weighted by molar-refractivity contribution is -0.113. The quantitative estimate of drug-likeness (QED) is 0.566. The van der Waals surface area contributed by atoms with Crippen LogP contribution in [0.3, 0.4) is 0 Å². The summed E-state index contributed by atoms with van der Waals surface area (Å²) in [5.41, 5.74) is 1.25. The van der Waals surface area contributed by atoms with Gasteiger partial charge in [-0.15, -0.1) is 10.2 Å². The lowest BCUT2D eigenvalue weighted by Gasteiger charge is -2.09. The fourth-order valence-corrected chi connectivity index (χ4v) is 3.19. The van der Waals surface area contributed by atoms with Gasteiger partial charge in [-0.2, -0.15) is 0 Å². The highest BCUT2D eigenvalue weighted by atomic mass is 32.2. The second-order valence-electron chi connectivity index (χ2n) is 6.22. The number of nitrogens with one attached hydrogen (secondary N) is 1. The van der Waals surface area contributed by atoms with Gasteiger partial charge in [0.15, 0.2) is 11.0 Å². The largest absolute Gasteiger partial charge is 0.497 e. The standard InChI is InChI=1S/C20H21FN4O3S/c1-13-4-5-14(21)10-17(13)22-19(26)12-29-20-24-23-18(25(20)2)11-28-16-8-6-15(27-3)7-9-16/h4-10H,11-12H2,1-3H3,(H,22,26). The average Bonchev–Trinajstić information content (AvgIpc) is 3.07. The van der Waals surface area contributed by atoms with Crippen LogP contribution in [0.25, 0.3) is 0 Å². The van der Waals surface area contributed by atoms with Crippen LogP contribution in [0.1, 0.15) is 11.4 Å². The zero-order chi connectivity index (χ0) is 20.8. The molecule has 2 aromatic carbocycles. The minimum atomic E-state index is -0.395. The summed E-state index contributed by atoms with van der Waals surface area (Å²) in [4.78, 5) is 12.2. The third kappa shape index (κ3) is 5.47. The van der Waals surface area contributed by atoms with E-state index in [0.717, 1.165) is 11.3 Å². The highest BCUT2D eigenvalue weighted by Gasteiger charge is 2.13. The molecule has 0 unspecified atom stereocenters. The van der Waals surface area contributed by atoms with Crippen molar-refractivity contribution in [3.8, 4) is 11.5 Å². The van der Waals surface area contributed by atoms with Crippen molar-refractivity contribution in [2.75, 3.05) is 18.2 Å². The second kappa shape index (κ2) is 9.42. The van der Waals surface area contributed by atoms with Crippen molar-refractivity contribution in [3.05, 3.63) is 59.7 Å². The average molecular weight is 416 g/mol. The van der Waals surface area contributed by atoms with Gasteiger partial charge in [0.25, 0.3) is 0 Å². The van der Waals surface area contributed by atoms with E-state index in [1.54, 1.807) is 24.7 Å². The number of halogens is 1. The van der Waals surface area contributed by atoms with Crippen LogP contribution in [0.5, 0.6) is 11.5 Å². The lowest BCUT2D eigenvalue weighted by atomic mass is 10.2. The van der Waals surface area contributed by atoms with Crippen LogP contribution < -0.4 is 14.8 Å². The number of nitrogens with zero attached hydrogens (tertiary/aromatic N) is 3. The van der Waals surface area contributed by atoms with E-state index >= 15 is 0 Å². The van der Waals surface area contributed by atoms with E-state index in [0.29, 0.717) is 22.4 Å². The normalized spacial score (nSPS) is 10.6. The van der Waals surface area contributed by atoms with E-state index in [9.17, 15) is 9.18 Å². The maximum Gasteiger partial charge on any atom is 0.234 e. The fraction of sp³-hybridized carbons (Fsp3) is 0.250. The van der Waals surface area contributed by atoms with Gasteiger partial charge in [0.2, 0.25) is 5.91 Å². The number of carbonyl (C=O) groups is 1. The van der Waals surface area contributed by atoms with Crippen LogP contribution in [0.2, 0.25) is 0 Å². The number of rotatable bonds is 8. The Kier molecular flexibility index (Phi) is 6.71. The van der Waals surface area contributed by atoms with Crippen molar-refractivity contribution in [3.63, 3.8) is 0 Å². The Morgan fingerprint density at radius 3 is 2.62 bits per heavy atom. The molecule has 29 heavy (non-hydrogen) atoms. The number of hydrogen-bond donors (Lipinski definition) is 1. The molecule has 0 aliphatic carbocycles. The first kappa shape index (κ1) is 20.7. The van der Waals surface area contributed by atoms with Crippen LogP contribution >= 0.6 is 11.8 Å². The lowest BCUT2D eigenvalue weighted by Crippen LogP contribution is -2.15. The first-order chi connectivity index (χ1) is 14.0. The first-order valence-corrected chi connectivity index (χ1v) is 9.78. The number of methoxy groups -OCH3 is 1. The highest BCUT2D eigenvalue weighted by Crippen LogP contribution is 2.21. The molecule has 0 fully saturated rings. The monoisotopic (exact) mass is 416 g/mol. The smallest absolute Gasteiger partial charge is 0.234 e. The molecule has 0 atom stereocenters. The van der Waals surface area contributed by atoms with Gasteiger partial charge >= 0.3 is 0 Å². The third-order valence-electron chi connectivity index (χ3n) is 4.16. The summed E-state index contributed by atoms with van der Waals surface area (Å²) < 4.78 is 25.9. The Bertz CT molecular complexity index is 992. The molecule has 0 spiro atoms. The van der Waals surface area contributed by atoms with Gasteiger partial charge in [-0.1, -0.05) is 17.8 Å². The molecular weight excluding hydrogens is 395 g/mol. The number of aryl methyl sites for hydroxylation is 1. The molecule has 0 bridgehead atoms. The van der Waals surface area contributed by atoms with E-state index in [1.165, 1.54) is 23.9 Å². The molecule has 7 nitrogen and oxygen atoms in total. The van der Waals surface area contributed by atoms with E-state index in [4.69, 9.17) is 9.47 Å². The Labute approximate surface area is 172 Å². The molecule has 9 heteroatoms. The number of ether oxygens (including phenoxy) is 2. The molecule has 1 N–H and O–H groups in total. The number of amides is 1. The highest BCUT2D eigenvalue weighted by molar-refractivity contribution is 7.99. The molecule has 152 valence electrons. The summed E-state index contributed by atoms with van der Waals surface area (Å²) in [7, 11) is 3.41. The summed E-state index contributed by atoms with van der Waals surface area (Å²) in [6.45, 7) is 2.05. The zero-order valence-electron chi connectivity index (χ0n) is 16.3. The Morgan fingerprint density at radius 1 is 1.17 bits per heavy atom. The number of benzene rings is 2. The van der Waals surface area contributed by atoms with Crippen LogP contribution in [0, 0.1) is 12.7 Å². The van der Waals surface area contributed by atoms with Crippen molar-refractivity contribution in [2.24, 2.45) is 7.05 Å². The van der Waals surface area contributed by atoms with Gasteiger partial charge in [-0.3, -0.25) is 4.79 Å². The van der Waals surface area contributed by atoms with E-state index in [2.05, 4.69) is 15.5 Å². The van der Waals surface area contributed by atoms with Gasteiger partial charge in [-0.25, -0.2) is 4.39 Å². The van der Waals surface area contributed by atoms with Gasteiger partial charge in [0.1, 0.15) is 23.9 Å². The minimum Gasteiger partial charge on any atom is -0.497 e. The molecule has 1 amide bonds. The van der Waals surface area contributed by atoms with Gasteiger partial charge in [0.05, 0.1) is 12.9 Å². The molecular formula is C20H21FN4O3S. The van der Waals surface area contributed by atoms with Crippen molar-refractivity contribution in [2.45, 2.75) is 18.7 Å². The molecule has 1 heterocycles. The second-order valence-corrected chi connectivity index (χ2v) is 7.16. The molecule has 0 saturated heterocycles. The Hall–Kier alpha value is -3.07. The molecule has 3 rings (SSSR count). The van der Waals surface area contributed by atoms with E-state index in [-0.39, 0.29) is 18.3 Å². The van der Waals surface area contributed by atoms with Crippen molar-refractivity contribution in [1.29, 1.82) is 0 Å². The van der Waals surface area contributed by atoms with Gasteiger partial charge in [0, 0.05) is 12.7 Å². The van der Waals surface area contributed by atoms with E-state index < -0.39 is 5.82 Å². The molecule has 1 aromatic heterocycles. The molecule has 3 aromatic rings. The first-order valence-electron chi connectivity index (χ1n) is 8.80. The number of thioether (sulfide) groups is 1. The maximum absolute atomic E-state index is 13.3. The predicted molar refractivity (Wildman–Crippen MR) is 109 cm³/mol. The number of anilines is 1. The number of hydrogen-bond acceptors (Lipinski definition) is 6. The van der Waals surface area contributed by atoms with Gasteiger partial charge < -0.3 is 19.4 Å². The van der Waals surface area contributed by atoms with Crippen LogP contribution in [-0.4, -0.2) is 33.5 Å². The fourth-order valence-electron chi connectivity index (χ4n) is 2.46. The van der Waals surface area contributed by atoms with Crippen molar-refractivity contribution in [1.82, 2.24) is 14.8 Å². The SMILES string of the molecule is COc1ccc(OCc2nnc(SCC(=O)Nc3cc(F)ccc3C)n2C)cc1. The molecule has 0 saturated carbocycles. The van der Waals surface area contributed by atoms with Crippen LogP contribution in [-0.2, 0) is 18.4 Å². The minimum absolute atomic E-state index is 0.126. The van der Waals surface area contributed by atoms with Gasteiger partial charge in [-0.05, 0) is 48.9 Å². The Morgan fingerprint density at radius 2 is 1.90 bits per heavy atom. The summed E-state index contributed by atoms with van der Waals surface area (Å²) in [6, 6.07) is 11.5. The van der Waals surface area contributed by atoms with Crippen molar-refractivity contribution >= 4 is 23.4 Å². The summed E-state index contributed by atoms with van der Waals surface area (Å²) in [5.74, 6) is 1.55. The Balaban J connectivity index is 1.53. The summed E-state index contributed by atoms with van der Waals surface area (Å²) >= 11 is 1.24.